The third kappa shape index (κ3) is 1.59. The molecule has 0 radical (unpaired) electrons. The number of aromatic nitrogens is 1. The lowest BCUT2D eigenvalue weighted by Crippen LogP contribution is -1.94. The molecule has 1 heteroatoms. The molecule has 1 atom stereocenters. The van der Waals surface area contributed by atoms with Crippen molar-refractivity contribution in [3.63, 3.8) is 0 Å². The molecular formula is C10H11N. The van der Waals surface area contributed by atoms with Gasteiger partial charge in [-0.25, -0.2) is 0 Å². The van der Waals surface area contributed by atoms with Crippen LogP contribution in [-0.4, -0.2) is 4.98 Å². The highest BCUT2D eigenvalue weighted by Gasteiger charge is 2.03. The van der Waals surface area contributed by atoms with E-state index in [1.165, 1.54) is 0 Å². The van der Waals surface area contributed by atoms with Crippen molar-refractivity contribution < 1.29 is 0 Å². The molecule has 0 aliphatic carbocycles. The second-order valence-electron chi connectivity index (χ2n) is 2.57. The summed E-state index contributed by atoms with van der Waals surface area (Å²) in [6, 6.07) is 3.93. The summed E-state index contributed by atoms with van der Waals surface area (Å²) in [7, 11) is 0. The molecule has 0 amide bonds. The van der Waals surface area contributed by atoms with Gasteiger partial charge in [0.25, 0.3) is 0 Å². The maximum Gasteiger partial charge on any atom is 0.0439 e. The lowest BCUT2D eigenvalue weighted by Gasteiger charge is -2.05. The van der Waals surface area contributed by atoms with Crippen molar-refractivity contribution in [1.82, 2.24) is 4.98 Å². The number of hydrogen-bond donors (Lipinski definition) is 0. The third-order valence-corrected chi connectivity index (χ3v) is 1.76. The Balaban J connectivity index is 3.05. The van der Waals surface area contributed by atoms with Crippen LogP contribution in [-0.2, 0) is 0 Å². The summed E-state index contributed by atoms with van der Waals surface area (Å²) >= 11 is 0. The molecular weight excluding hydrogens is 134 g/mol. The Hall–Kier alpha value is -1.29. The normalized spacial score (nSPS) is 12.1. The van der Waals surface area contributed by atoms with Gasteiger partial charge in [-0.05, 0) is 25.5 Å². The molecule has 0 saturated heterocycles. The van der Waals surface area contributed by atoms with E-state index < -0.39 is 0 Å². The lowest BCUT2D eigenvalue weighted by atomic mass is 10.0. The standard InChI is InChI=1S/C10H11N/c1-4-8(2)10-6-5-7-11-9(10)3/h1,5-8H,2-3H3. The second kappa shape index (κ2) is 3.21. The van der Waals surface area contributed by atoms with E-state index in [1.807, 2.05) is 26.0 Å². The predicted molar refractivity (Wildman–Crippen MR) is 46.2 cm³/mol. The third-order valence-electron chi connectivity index (χ3n) is 1.76. The average molecular weight is 145 g/mol. The van der Waals surface area contributed by atoms with E-state index in [1.54, 1.807) is 6.20 Å². The SMILES string of the molecule is C#CC(C)c1cccnc1C. The van der Waals surface area contributed by atoms with Gasteiger partial charge in [-0.3, -0.25) is 4.98 Å². The van der Waals surface area contributed by atoms with E-state index in [0.29, 0.717) is 0 Å². The molecule has 1 unspecified atom stereocenters. The minimum atomic E-state index is 0.170. The van der Waals surface area contributed by atoms with Crippen molar-refractivity contribution in [3.05, 3.63) is 29.6 Å². The molecule has 0 N–H and O–H groups in total. The molecule has 0 aliphatic rings. The topological polar surface area (TPSA) is 12.9 Å². The quantitative estimate of drug-likeness (QED) is 0.552. The van der Waals surface area contributed by atoms with Gasteiger partial charge in [0.2, 0.25) is 0 Å². The summed E-state index contributed by atoms with van der Waals surface area (Å²) in [5.74, 6) is 2.85. The maximum atomic E-state index is 5.30. The van der Waals surface area contributed by atoms with Gasteiger partial charge in [-0.1, -0.05) is 12.0 Å². The maximum absolute atomic E-state index is 5.30. The smallest absolute Gasteiger partial charge is 0.0439 e. The van der Waals surface area contributed by atoms with Gasteiger partial charge in [0.1, 0.15) is 0 Å². The molecule has 56 valence electrons. The molecule has 1 nitrogen and oxygen atoms in total. The zero-order chi connectivity index (χ0) is 8.27. The van der Waals surface area contributed by atoms with Gasteiger partial charge in [-0.2, -0.15) is 0 Å². The highest BCUT2D eigenvalue weighted by atomic mass is 14.7. The monoisotopic (exact) mass is 145 g/mol. The summed E-state index contributed by atoms with van der Waals surface area (Å²) in [5, 5.41) is 0. The molecule has 0 spiro atoms. The van der Waals surface area contributed by atoms with Gasteiger partial charge in [-0.15, -0.1) is 6.42 Å². The highest BCUT2D eigenvalue weighted by molar-refractivity contribution is 5.28. The number of pyridine rings is 1. The molecule has 11 heavy (non-hydrogen) atoms. The van der Waals surface area contributed by atoms with Crippen molar-refractivity contribution >= 4 is 0 Å². The van der Waals surface area contributed by atoms with Crippen LogP contribution in [0.1, 0.15) is 24.1 Å². The van der Waals surface area contributed by atoms with Crippen molar-refractivity contribution in [2.75, 3.05) is 0 Å². The lowest BCUT2D eigenvalue weighted by molar-refractivity contribution is 0.958. The van der Waals surface area contributed by atoms with Crippen molar-refractivity contribution in [1.29, 1.82) is 0 Å². The first kappa shape index (κ1) is 7.81. The Bertz CT molecular complexity index is 283. The molecule has 0 fully saturated rings. The van der Waals surface area contributed by atoms with E-state index in [4.69, 9.17) is 6.42 Å². The van der Waals surface area contributed by atoms with Gasteiger partial charge in [0.05, 0.1) is 0 Å². The Morgan fingerprint density at radius 1 is 1.64 bits per heavy atom. The van der Waals surface area contributed by atoms with Crippen LogP contribution < -0.4 is 0 Å². The van der Waals surface area contributed by atoms with E-state index in [-0.39, 0.29) is 5.92 Å². The first-order valence-electron chi connectivity index (χ1n) is 3.63. The molecule has 0 aromatic carbocycles. The molecule has 1 heterocycles. The Morgan fingerprint density at radius 3 is 2.91 bits per heavy atom. The van der Waals surface area contributed by atoms with Crippen LogP contribution >= 0.6 is 0 Å². The molecule has 1 aromatic heterocycles. The van der Waals surface area contributed by atoms with Crippen molar-refractivity contribution in [2.24, 2.45) is 0 Å². The fourth-order valence-corrected chi connectivity index (χ4v) is 1.04. The fourth-order valence-electron chi connectivity index (χ4n) is 1.04. The van der Waals surface area contributed by atoms with Crippen LogP contribution in [0.15, 0.2) is 18.3 Å². The summed E-state index contributed by atoms with van der Waals surface area (Å²) in [5.41, 5.74) is 2.17. The Kier molecular flexibility index (Phi) is 2.28. The van der Waals surface area contributed by atoms with Crippen LogP contribution in [0.2, 0.25) is 0 Å². The van der Waals surface area contributed by atoms with Crippen LogP contribution in [0, 0.1) is 19.3 Å². The van der Waals surface area contributed by atoms with Crippen molar-refractivity contribution in [2.45, 2.75) is 19.8 Å². The molecule has 0 saturated carbocycles. The highest BCUT2D eigenvalue weighted by Crippen LogP contribution is 2.15. The van der Waals surface area contributed by atoms with E-state index in [2.05, 4.69) is 10.9 Å². The minimum absolute atomic E-state index is 0.170. The number of hydrogen-bond acceptors (Lipinski definition) is 1. The first-order valence-corrected chi connectivity index (χ1v) is 3.63. The summed E-state index contributed by atoms with van der Waals surface area (Å²) in [6.45, 7) is 3.98. The number of aryl methyl sites for hydroxylation is 1. The van der Waals surface area contributed by atoms with Crippen LogP contribution in [0.4, 0.5) is 0 Å². The van der Waals surface area contributed by atoms with Gasteiger partial charge < -0.3 is 0 Å². The number of rotatable bonds is 1. The predicted octanol–water partition coefficient (Wildman–Crippen LogP) is 2.13. The average Bonchev–Trinajstić information content (AvgIpc) is 2.04. The number of nitrogens with zero attached hydrogens (tertiary/aromatic N) is 1. The zero-order valence-corrected chi connectivity index (χ0v) is 6.83. The summed E-state index contributed by atoms with van der Waals surface area (Å²) in [4.78, 5) is 4.15. The second-order valence-corrected chi connectivity index (χ2v) is 2.57. The van der Waals surface area contributed by atoms with Gasteiger partial charge >= 0.3 is 0 Å². The molecule has 1 aromatic rings. The molecule has 1 rings (SSSR count). The summed E-state index contributed by atoms with van der Waals surface area (Å²) < 4.78 is 0. The van der Waals surface area contributed by atoms with Gasteiger partial charge in [0, 0.05) is 17.8 Å². The minimum Gasteiger partial charge on any atom is -0.261 e. The van der Waals surface area contributed by atoms with E-state index in [9.17, 15) is 0 Å². The Labute approximate surface area is 67.5 Å². The Morgan fingerprint density at radius 2 is 2.36 bits per heavy atom. The van der Waals surface area contributed by atoms with E-state index in [0.717, 1.165) is 11.3 Å². The summed E-state index contributed by atoms with van der Waals surface area (Å²) in [6.07, 6.45) is 7.07. The van der Waals surface area contributed by atoms with Crippen LogP contribution in [0.5, 0.6) is 0 Å². The van der Waals surface area contributed by atoms with E-state index >= 15 is 0 Å². The molecule has 0 bridgehead atoms. The zero-order valence-electron chi connectivity index (χ0n) is 6.83. The van der Waals surface area contributed by atoms with Crippen molar-refractivity contribution in [3.8, 4) is 12.3 Å². The number of terminal acetylenes is 1. The fraction of sp³-hybridized carbons (Fsp3) is 0.300. The van der Waals surface area contributed by atoms with Crippen LogP contribution in [0.25, 0.3) is 0 Å². The first-order chi connectivity index (χ1) is 5.25. The van der Waals surface area contributed by atoms with Gasteiger partial charge in [0.15, 0.2) is 0 Å². The van der Waals surface area contributed by atoms with Crippen LogP contribution in [0.3, 0.4) is 0 Å². The molecule has 0 aliphatic heterocycles. The largest absolute Gasteiger partial charge is 0.261 e.